The zero-order valence-corrected chi connectivity index (χ0v) is 13.8. The Labute approximate surface area is 132 Å². The standard InChI is InChI=1S/C20H24N2/c1-19(2,17-7-5-13-21-17)15-9-11-16(12-10-15)20(3,4)18-8-6-14-22-18/h5-14,21-22H,1-4H3. The predicted molar refractivity (Wildman–Crippen MR) is 92.3 cm³/mol. The van der Waals surface area contributed by atoms with Crippen molar-refractivity contribution in [2.24, 2.45) is 0 Å². The fourth-order valence-corrected chi connectivity index (χ4v) is 3.05. The first-order chi connectivity index (χ1) is 10.4. The maximum atomic E-state index is 3.34. The molecule has 0 saturated heterocycles. The average Bonchev–Trinajstić information content (AvgIpc) is 3.20. The van der Waals surface area contributed by atoms with E-state index in [9.17, 15) is 0 Å². The molecule has 22 heavy (non-hydrogen) atoms. The maximum absolute atomic E-state index is 3.34. The zero-order valence-electron chi connectivity index (χ0n) is 13.8. The molecule has 0 bridgehead atoms. The molecule has 2 heteroatoms. The number of H-pyrrole nitrogens is 2. The summed E-state index contributed by atoms with van der Waals surface area (Å²) in [6, 6.07) is 17.4. The van der Waals surface area contributed by atoms with Gasteiger partial charge < -0.3 is 9.97 Å². The highest BCUT2D eigenvalue weighted by Crippen LogP contribution is 2.34. The Balaban J connectivity index is 1.94. The normalized spacial score (nSPS) is 12.5. The van der Waals surface area contributed by atoms with Crippen LogP contribution in [0, 0.1) is 0 Å². The quantitative estimate of drug-likeness (QED) is 0.678. The first kappa shape index (κ1) is 14.7. The highest BCUT2D eigenvalue weighted by atomic mass is 14.7. The lowest BCUT2D eigenvalue weighted by molar-refractivity contribution is 0.608. The van der Waals surface area contributed by atoms with E-state index in [1.165, 1.54) is 22.5 Å². The van der Waals surface area contributed by atoms with Crippen LogP contribution in [0.15, 0.2) is 60.9 Å². The Morgan fingerprint density at radius 2 is 0.955 bits per heavy atom. The van der Waals surface area contributed by atoms with Gasteiger partial charge in [-0.25, -0.2) is 0 Å². The van der Waals surface area contributed by atoms with Gasteiger partial charge in [0, 0.05) is 34.6 Å². The van der Waals surface area contributed by atoms with Crippen molar-refractivity contribution >= 4 is 0 Å². The third-order valence-corrected chi connectivity index (χ3v) is 4.87. The molecule has 2 nitrogen and oxygen atoms in total. The molecule has 1 aromatic carbocycles. The molecule has 0 aliphatic carbocycles. The molecule has 0 saturated carbocycles. The van der Waals surface area contributed by atoms with Crippen LogP contribution in [-0.4, -0.2) is 9.97 Å². The molecule has 0 amide bonds. The van der Waals surface area contributed by atoms with Gasteiger partial charge in [0.1, 0.15) is 0 Å². The number of rotatable bonds is 4. The van der Waals surface area contributed by atoms with Crippen molar-refractivity contribution in [1.29, 1.82) is 0 Å². The molecule has 2 aromatic heterocycles. The zero-order chi connectivity index (χ0) is 15.8. The smallest absolute Gasteiger partial charge is 0.0297 e. The van der Waals surface area contributed by atoms with Crippen LogP contribution in [0.1, 0.15) is 50.2 Å². The summed E-state index contributed by atoms with van der Waals surface area (Å²) in [5.74, 6) is 0. The van der Waals surface area contributed by atoms with Gasteiger partial charge in [-0.3, -0.25) is 0 Å². The molecule has 114 valence electrons. The summed E-state index contributed by atoms with van der Waals surface area (Å²) in [5, 5.41) is 0. The van der Waals surface area contributed by atoms with Gasteiger partial charge in [0.15, 0.2) is 0 Å². The second-order valence-electron chi connectivity index (χ2n) is 6.99. The molecular weight excluding hydrogens is 268 g/mol. The van der Waals surface area contributed by atoms with Gasteiger partial charge in [0.2, 0.25) is 0 Å². The number of aromatic amines is 2. The third kappa shape index (κ3) is 2.39. The highest BCUT2D eigenvalue weighted by Gasteiger charge is 2.27. The summed E-state index contributed by atoms with van der Waals surface area (Å²) in [5.41, 5.74) is 5.09. The lowest BCUT2D eigenvalue weighted by Gasteiger charge is -2.28. The minimum atomic E-state index is -0.0153. The van der Waals surface area contributed by atoms with Crippen LogP contribution in [-0.2, 0) is 10.8 Å². The molecule has 0 unspecified atom stereocenters. The molecule has 0 fully saturated rings. The number of hydrogen-bond donors (Lipinski definition) is 2. The van der Waals surface area contributed by atoms with Crippen LogP contribution >= 0.6 is 0 Å². The minimum Gasteiger partial charge on any atom is -0.364 e. The van der Waals surface area contributed by atoms with Crippen LogP contribution in [0.25, 0.3) is 0 Å². The summed E-state index contributed by atoms with van der Waals surface area (Å²) in [6.07, 6.45) is 3.97. The van der Waals surface area contributed by atoms with Crippen molar-refractivity contribution in [3.05, 3.63) is 83.4 Å². The molecule has 0 spiro atoms. The molecule has 3 aromatic rings. The fourth-order valence-electron chi connectivity index (χ4n) is 3.05. The molecule has 3 rings (SSSR count). The topological polar surface area (TPSA) is 31.6 Å². The summed E-state index contributed by atoms with van der Waals surface area (Å²) in [7, 11) is 0. The molecule has 0 radical (unpaired) electrons. The Bertz CT molecular complexity index is 649. The minimum absolute atomic E-state index is 0.0153. The van der Waals surface area contributed by atoms with E-state index in [-0.39, 0.29) is 10.8 Å². The van der Waals surface area contributed by atoms with Crippen LogP contribution in [0.4, 0.5) is 0 Å². The Morgan fingerprint density at radius 1 is 0.591 bits per heavy atom. The summed E-state index contributed by atoms with van der Waals surface area (Å²) < 4.78 is 0. The van der Waals surface area contributed by atoms with E-state index in [0.717, 1.165) is 0 Å². The number of nitrogens with one attached hydrogen (secondary N) is 2. The molecule has 0 atom stereocenters. The van der Waals surface area contributed by atoms with E-state index in [2.05, 4.69) is 86.2 Å². The molecule has 0 aliphatic heterocycles. The fraction of sp³-hybridized carbons (Fsp3) is 0.300. The highest BCUT2D eigenvalue weighted by molar-refractivity contribution is 5.40. The number of aromatic nitrogens is 2. The number of benzene rings is 1. The van der Waals surface area contributed by atoms with Gasteiger partial charge >= 0.3 is 0 Å². The SMILES string of the molecule is CC(C)(c1ccc(C(C)(C)c2ccc[nH]2)cc1)c1ccc[nH]1. The second kappa shape index (κ2) is 5.20. The van der Waals surface area contributed by atoms with Crippen molar-refractivity contribution in [1.82, 2.24) is 9.97 Å². The summed E-state index contributed by atoms with van der Waals surface area (Å²) in [4.78, 5) is 6.68. The van der Waals surface area contributed by atoms with Gasteiger partial charge in [-0.05, 0) is 35.4 Å². The third-order valence-electron chi connectivity index (χ3n) is 4.87. The lowest BCUT2D eigenvalue weighted by Crippen LogP contribution is -2.22. The van der Waals surface area contributed by atoms with Crippen molar-refractivity contribution < 1.29 is 0 Å². The van der Waals surface area contributed by atoms with Crippen LogP contribution in [0.2, 0.25) is 0 Å². The predicted octanol–water partition coefficient (Wildman–Crippen LogP) is 4.99. The lowest BCUT2D eigenvalue weighted by atomic mass is 9.77. The van der Waals surface area contributed by atoms with E-state index < -0.39 is 0 Å². The van der Waals surface area contributed by atoms with Crippen molar-refractivity contribution in [3.63, 3.8) is 0 Å². The van der Waals surface area contributed by atoms with Gasteiger partial charge in [-0.2, -0.15) is 0 Å². The van der Waals surface area contributed by atoms with Gasteiger partial charge in [-0.15, -0.1) is 0 Å². The second-order valence-corrected chi connectivity index (χ2v) is 6.99. The van der Waals surface area contributed by atoms with E-state index >= 15 is 0 Å². The molecule has 2 heterocycles. The first-order valence-corrected chi connectivity index (χ1v) is 7.81. The first-order valence-electron chi connectivity index (χ1n) is 7.81. The van der Waals surface area contributed by atoms with Gasteiger partial charge in [0.25, 0.3) is 0 Å². The maximum Gasteiger partial charge on any atom is 0.0297 e. The van der Waals surface area contributed by atoms with E-state index in [1.807, 2.05) is 12.4 Å². The van der Waals surface area contributed by atoms with Gasteiger partial charge in [-0.1, -0.05) is 52.0 Å². The van der Waals surface area contributed by atoms with Crippen molar-refractivity contribution in [2.45, 2.75) is 38.5 Å². The van der Waals surface area contributed by atoms with E-state index in [1.54, 1.807) is 0 Å². The van der Waals surface area contributed by atoms with Crippen LogP contribution < -0.4 is 0 Å². The molecule has 2 N–H and O–H groups in total. The summed E-state index contributed by atoms with van der Waals surface area (Å²) in [6.45, 7) is 9.02. The Hall–Kier alpha value is -2.22. The number of hydrogen-bond acceptors (Lipinski definition) is 0. The van der Waals surface area contributed by atoms with Crippen LogP contribution in [0.5, 0.6) is 0 Å². The monoisotopic (exact) mass is 292 g/mol. The Morgan fingerprint density at radius 3 is 1.23 bits per heavy atom. The summed E-state index contributed by atoms with van der Waals surface area (Å²) >= 11 is 0. The van der Waals surface area contributed by atoms with Crippen molar-refractivity contribution in [3.8, 4) is 0 Å². The Kier molecular flexibility index (Phi) is 3.48. The average molecular weight is 292 g/mol. The van der Waals surface area contributed by atoms with Crippen LogP contribution in [0.3, 0.4) is 0 Å². The van der Waals surface area contributed by atoms with Gasteiger partial charge in [0.05, 0.1) is 0 Å². The molecule has 0 aliphatic rings. The van der Waals surface area contributed by atoms with Crippen molar-refractivity contribution in [2.75, 3.05) is 0 Å². The van der Waals surface area contributed by atoms with E-state index in [0.29, 0.717) is 0 Å². The van der Waals surface area contributed by atoms with E-state index in [4.69, 9.17) is 0 Å². The largest absolute Gasteiger partial charge is 0.364 e. The molecular formula is C20H24N2.